The highest BCUT2D eigenvalue weighted by molar-refractivity contribution is 6.31. The fourth-order valence-corrected chi connectivity index (χ4v) is 3.31. The molecule has 2 aromatic carbocycles. The van der Waals surface area contributed by atoms with E-state index in [1.807, 2.05) is 30.3 Å². The van der Waals surface area contributed by atoms with Crippen molar-refractivity contribution in [3.8, 4) is 16.9 Å². The Kier molecular flexibility index (Phi) is 5.67. The third kappa shape index (κ3) is 3.83. The minimum Gasteiger partial charge on any atom is -0.497 e. The van der Waals surface area contributed by atoms with Crippen molar-refractivity contribution < 1.29 is 9.15 Å². The van der Waals surface area contributed by atoms with Crippen molar-refractivity contribution >= 4 is 22.6 Å². The zero-order valence-electron chi connectivity index (χ0n) is 14.9. The number of ether oxygens (including phenoxy) is 1. The Morgan fingerprint density at radius 3 is 2.44 bits per heavy atom. The van der Waals surface area contributed by atoms with Crippen molar-refractivity contribution in [3.05, 3.63) is 53.2 Å². The Morgan fingerprint density at radius 2 is 1.80 bits per heavy atom. The van der Waals surface area contributed by atoms with Gasteiger partial charge in [-0.2, -0.15) is 0 Å². The molecule has 0 aliphatic rings. The first kappa shape index (κ1) is 17.8. The molecule has 0 saturated heterocycles. The highest BCUT2D eigenvalue weighted by Crippen LogP contribution is 2.37. The summed E-state index contributed by atoms with van der Waals surface area (Å²) in [6.07, 6.45) is 2.20. The van der Waals surface area contributed by atoms with E-state index in [1.54, 1.807) is 7.11 Å². The Hall–Kier alpha value is -1.97. The third-order valence-electron chi connectivity index (χ3n) is 4.64. The first-order valence-electron chi connectivity index (χ1n) is 8.75. The van der Waals surface area contributed by atoms with Gasteiger partial charge in [0.25, 0.3) is 0 Å². The summed E-state index contributed by atoms with van der Waals surface area (Å²) in [5.74, 6) is 1.78. The van der Waals surface area contributed by atoms with Crippen LogP contribution in [0.25, 0.3) is 22.1 Å². The molecule has 3 rings (SSSR count). The van der Waals surface area contributed by atoms with Gasteiger partial charge in [0, 0.05) is 22.0 Å². The second-order valence-electron chi connectivity index (χ2n) is 6.16. The van der Waals surface area contributed by atoms with E-state index in [0.717, 1.165) is 46.4 Å². The van der Waals surface area contributed by atoms with Crippen LogP contribution in [0.5, 0.6) is 5.75 Å². The van der Waals surface area contributed by atoms with E-state index in [9.17, 15) is 0 Å². The summed E-state index contributed by atoms with van der Waals surface area (Å²) in [5, 5.41) is 5.34. The SMILES string of the molecule is CCC(CC)NCc1oc2ccc(Cl)cc2c1-c1ccc(OC)cc1. The largest absolute Gasteiger partial charge is 0.497 e. The molecule has 1 heterocycles. The Labute approximate surface area is 153 Å². The molecule has 0 spiro atoms. The van der Waals surface area contributed by atoms with E-state index in [-0.39, 0.29) is 0 Å². The van der Waals surface area contributed by atoms with Crippen LogP contribution in [0.15, 0.2) is 46.9 Å². The van der Waals surface area contributed by atoms with Gasteiger partial charge in [-0.05, 0) is 48.7 Å². The molecule has 0 unspecified atom stereocenters. The Balaban J connectivity index is 2.05. The molecule has 0 radical (unpaired) electrons. The van der Waals surface area contributed by atoms with Gasteiger partial charge in [-0.15, -0.1) is 0 Å². The molecule has 1 aromatic heterocycles. The highest BCUT2D eigenvalue weighted by Gasteiger charge is 2.17. The summed E-state index contributed by atoms with van der Waals surface area (Å²) < 4.78 is 11.4. The number of hydrogen-bond acceptors (Lipinski definition) is 3. The average Bonchev–Trinajstić information content (AvgIpc) is 3.00. The lowest BCUT2D eigenvalue weighted by Gasteiger charge is -2.14. The summed E-state index contributed by atoms with van der Waals surface area (Å²) in [7, 11) is 1.67. The van der Waals surface area contributed by atoms with E-state index >= 15 is 0 Å². The van der Waals surface area contributed by atoms with Gasteiger partial charge < -0.3 is 14.5 Å². The summed E-state index contributed by atoms with van der Waals surface area (Å²) in [6, 6.07) is 14.3. The molecule has 3 nitrogen and oxygen atoms in total. The molecule has 3 aromatic rings. The van der Waals surface area contributed by atoms with Crippen molar-refractivity contribution in [2.45, 2.75) is 39.3 Å². The zero-order valence-corrected chi connectivity index (χ0v) is 15.7. The van der Waals surface area contributed by atoms with E-state index in [0.29, 0.717) is 17.6 Å². The molecule has 0 aliphatic carbocycles. The third-order valence-corrected chi connectivity index (χ3v) is 4.87. The molecule has 0 saturated carbocycles. The topological polar surface area (TPSA) is 34.4 Å². The van der Waals surface area contributed by atoms with Crippen LogP contribution in [0.2, 0.25) is 5.02 Å². The van der Waals surface area contributed by atoms with Gasteiger partial charge in [0.15, 0.2) is 0 Å². The van der Waals surface area contributed by atoms with Crippen LogP contribution in [0.1, 0.15) is 32.4 Å². The van der Waals surface area contributed by atoms with Crippen LogP contribution < -0.4 is 10.1 Å². The standard InChI is InChI=1S/C21H24ClNO2/c1-4-16(5-2)23-13-20-21(14-6-9-17(24-3)10-7-14)18-12-15(22)8-11-19(18)25-20/h6-12,16,23H,4-5,13H2,1-3H3. The van der Waals surface area contributed by atoms with E-state index in [1.165, 1.54) is 0 Å². The number of fused-ring (bicyclic) bond motifs is 1. The molecule has 0 amide bonds. The van der Waals surface area contributed by atoms with Crippen LogP contribution >= 0.6 is 11.6 Å². The summed E-state index contributed by atoms with van der Waals surface area (Å²) in [4.78, 5) is 0. The van der Waals surface area contributed by atoms with Crippen LogP contribution in [-0.4, -0.2) is 13.2 Å². The average molecular weight is 358 g/mol. The lowest BCUT2D eigenvalue weighted by Crippen LogP contribution is -2.26. The quantitative estimate of drug-likeness (QED) is 0.559. The lowest BCUT2D eigenvalue weighted by molar-refractivity contribution is 0.415. The predicted molar refractivity (Wildman–Crippen MR) is 104 cm³/mol. The molecule has 4 heteroatoms. The number of nitrogens with one attached hydrogen (secondary N) is 1. The van der Waals surface area contributed by atoms with Crippen molar-refractivity contribution in [1.29, 1.82) is 0 Å². The molecule has 132 valence electrons. The first-order chi connectivity index (χ1) is 12.2. The smallest absolute Gasteiger partial charge is 0.135 e. The second-order valence-corrected chi connectivity index (χ2v) is 6.60. The van der Waals surface area contributed by atoms with Crippen LogP contribution in [-0.2, 0) is 6.54 Å². The maximum absolute atomic E-state index is 6.23. The van der Waals surface area contributed by atoms with Gasteiger partial charge >= 0.3 is 0 Å². The van der Waals surface area contributed by atoms with Crippen molar-refractivity contribution in [3.63, 3.8) is 0 Å². The van der Waals surface area contributed by atoms with Crippen molar-refractivity contribution in [1.82, 2.24) is 5.32 Å². The number of hydrogen-bond donors (Lipinski definition) is 1. The van der Waals surface area contributed by atoms with E-state index in [4.69, 9.17) is 20.8 Å². The highest BCUT2D eigenvalue weighted by atomic mass is 35.5. The van der Waals surface area contributed by atoms with Gasteiger partial charge in [0.1, 0.15) is 17.1 Å². The number of rotatable bonds is 7. The molecule has 0 atom stereocenters. The number of furan rings is 1. The minimum atomic E-state index is 0.487. The van der Waals surface area contributed by atoms with Gasteiger partial charge in [-0.1, -0.05) is 37.6 Å². The van der Waals surface area contributed by atoms with Gasteiger partial charge in [-0.3, -0.25) is 0 Å². The zero-order chi connectivity index (χ0) is 17.8. The van der Waals surface area contributed by atoms with E-state index in [2.05, 4.69) is 31.3 Å². The molecular weight excluding hydrogens is 334 g/mol. The lowest BCUT2D eigenvalue weighted by atomic mass is 10.0. The van der Waals surface area contributed by atoms with E-state index < -0.39 is 0 Å². The monoisotopic (exact) mass is 357 g/mol. The molecule has 0 bridgehead atoms. The minimum absolute atomic E-state index is 0.487. The fourth-order valence-electron chi connectivity index (χ4n) is 3.13. The number of methoxy groups -OCH3 is 1. The molecular formula is C21H24ClNO2. The number of benzene rings is 2. The Bertz CT molecular complexity index is 835. The van der Waals surface area contributed by atoms with Gasteiger partial charge in [-0.25, -0.2) is 0 Å². The fraction of sp³-hybridized carbons (Fsp3) is 0.333. The molecule has 25 heavy (non-hydrogen) atoms. The molecule has 0 fully saturated rings. The second kappa shape index (κ2) is 7.94. The maximum Gasteiger partial charge on any atom is 0.135 e. The maximum atomic E-state index is 6.23. The van der Waals surface area contributed by atoms with Gasteiger partial charge in [0.05, 0.1) is 13.7 Å². The number of halogens is 1. The van der Waals surface area contributed by atoms with Gasteiger partial charge in [0.2, 0.25) is 0 Å². The summed E-state index contributed by atoms with van der Waals surface area (Å²) >= 11 is 6.23. The van der Waals surface area contributed by atoms with Crippen LogP contribution in [0.3, 0.4) is 0 Å². The van der Waals surface area contributed by atoms with Crippen molar-refractivity contribution in [2.24, 2.45) is 0 Å². The molecule has 1 N–H and O–H groups in total. The predicted octanol–water partition coefficient (Wildman–Crippen LogP) is 6.04. The summed E-state index contributed by atoms with van der Waals surface area (Å²) in [6.45, 7) is 5.09. The van der Waals surface area contributed by atoms with Crippen LogP contribution in [0.4, 0.5) is 0 Å². The van der Waals surface area contributed by atoms with Crippen LogP contribution in [0, 0.1) is 0 Å². The Morgan fingerprint density at radius 1 is 1.08 bits per heavy atom. The normalized spacial score (nSPS) is 11.4. The summed E-state index contributed by atoms with van der Waals surface area (Å²) in [5.41, 5.74) is 3.05. The first-order valence-corrected chi connectivity index (χ1v) is 9.12. The van der Waals surface area contributed by atoms with Crippen molar-refractivity contribution in [2.75, 3.05) is 7.11 Å². The molecule has 0 aliphatic heterocycles.